The van der Waals surface area contributed by atoms with Gasteiger partial charge >= 0.3 is 0 Å². The molecule has 8 nitrogen and oxygen atoms in total. The van der Waals surface area contributed by atoms with Crippen molar-refractivity contribution in [2.75, 3.05) is 24.2 Å². The summed E-state index contributed by atoms with van der Waals surface area (Å²) in [7, 11) is -2.36. The van der Waals surface area contributed by atoms with E-state index in [-0.39, 0.29) is 47.2 Å². The lowest BCUT2D eigenvalue weighted by atomic mass is 9.98. The van der Waals surface area contributed by atoms with Gasteiger partial charge in [-0.25, -0.2) is 12.8 Å². The van der Waals surface area contributed by atoms with Crippen LogP contribution in [-0.4, -0.2) is 54.9 Å². The lowest BCUT2D eigenvalue weighted by molar-refractivity contribution is -0.117. The van der Waals surface area contributed by atoms with Gasteiger partial charge in [0.2, 0.25) is 10.0 Å². The lowest BCUT2D eigenvalue weighted by Gasteiger charge is -2.23. The first kappa shape index (κ1) is 22.7. The fraction of sp³-hybridized carbons (Fsp3) is 0.261. The number of aromatic hydroxyl groups is 1. The van der Waals surface area contributed by atoms with Crippen LogP contribution in [0.1, 0.15) is 34.0 Å². The van der Waals surface area contributed by atoms with Crippen LogP contribution in [0, 0.1) is 5.82 Å². The maximum atomic E-state index is 13.2. The van der Waals surface area contributed by atoms with Crippen molar-refractivity contribution in [3.8, 4) is 5.75 Å². The number of hydrogen-bond acceptors (Lipinski definition) is 6. The average molecular weight is 472 g/mol. The van der Waals surface area contributed by atoms with Crippen molar-refractivity contribution in [1.82, 2.24) is 9.88 Å². The van der Waals surface area contributed by atoms with Crippen LogP contribution in [-0.2, 0) is 27.8 Å². The number of carbonyl (C=O) groups excluding carboxylic acids is 2. The number of carbonyl (C=O) groups is 2. The Kier molecular flexibility index (Phi) is 5.57. The van der Waals surface area contributed by atoms with Crippen LogP contribution in [0.5, 0.6) is 5.75 Å². The molecule has 10 heteroatoms. The summed E-state index contributed by atoms with van der Waals surface area (Å²) in [4.78, 5) is 30.2. The number of nitrogens with zero attached hydrogens (tertiary/aromatic N) is 3. The van der Waals surface area contributed by atoms with Crippen molar-refractivity contribution in [2.45, 2.75) is 19.9 Å². The Morgan fingerprint density at radius 2 is 1.91 bits per heavy atom. The smallest absolute Gasteiger partial charge is 0.258 e. The summed E-state index contributed by atoms with van der Waals surface area (Å²) in [5.41, 5.74) is 2.12. The van der Waals surface area contributed by atoms with E-state index in [0.717, 1.165) is 16.1 Å². The van der Waals surface area contributed by atoms with E-state index in [2.05, 4.69) is 4.98 Å². The fourth-order valence-electron chi connectivity index (χ4n) is 4.08. The van der Waals surface area contributed by atoms with Crippen LogP contribution in [0.25, 0.3) is 10.9 Å². The number of ketones is 1. The number of hydrogen-bond donors (Lipinski definition) is 1. The Hall–Kier alpha value is -3.53. The van der Waals surface area contributed by atoms with Gasteiger partial charge in [0.1, 0.15) is 17.1 Å². The molecule has 4 rings (SSSR count). The molecule has 0 unspecified atom stereocenters. The Balaban J connectivity index is 1.94. The van der Waals surface area contributed by atoms with E-state index in [4.69, 9.17) is 0 Å². The number of pyridine rings is 1. The van der Waals surface area contributed by atoms with Crippen LogP contribution < -0.4 is 4.31 Å². The van der Waals surface area contributed by atoms with E-state index in [1.54, 1.807) is 18.2 Å². The lowest BCUT2D eigenvalue weighted by Crippen LogP contribution is -2.29. The molecule has 33 heavy (non-hydrogen) atoms. The second-order valence-electron chi connectivity index (χ2n) is 8.19. The largest absolute Gasteiger partial charge is 0.505 e. The van der Waals surface area contributed by atoms with Gasteiger partial charge < -0.3 is 10.0 Å². The molecule has 0 aliphatic carbocycles. The standard InChI is InChI=1S/C23H22FN3O5S/c1-13(28)11-27-12-18-19(23(27)30)22(29)20-17(21(18)26(2)33(3,31)32)9-15(10-25-20)8-14-4-6-16(24)7-5-14/h4-7,9-10,29H,8,11-12H2,1-3H3. The molecule has 0 saturated heterocycles. The van der Waals surface area contributed by atoms with E-state index in [1.807, 2.05) is 0 Å². The monoisotopic (exact) mass is 471 g/mol. The van der Waals surface area contributed by atoms with Crippen molar-refractivity contribution in [1.29, 1.82) is 0 Å². The number of phenolic OH excluding ortho intramolecular Hbond substituents is 1. The zero-order valence-electron chi connectivity index (χ0n) is 18.3. The Morgan fingerprint density at radius 3 is 2.52 bits per heavy atom. The van der Waals surface area contributed by atoms with Crippen LogP contribution >= 0.6 is 0 Å². The van der Waals surface area contributed by atoms with E-state index in [1.165, 1.54) is 37.2 Å². The van der Waals surface area contributed by atoms with Crippen molar-refractivity contribution in [3.05, 3.63) is 64.6 Å². The first-order valence-corrected chi connectivity index (χ1v) is 12.0. The molecule has 1 amide bonds. The predicted octanol–water partition coefficient (Wildman–Crippen LogP) is 2.61. The third-order valence-electron chi connectivity index (χ3n) is 5.65. The first-order chi connectivity index (χ1) is 15.5. The zero-order chi connectivity index (χ0) is 24.1. The molecule has 1 N–H and O–H groups in total. The molecule has 1 aliphatic heterocycles. The zero-order valence-corrected chi connectivity index (χ0v) is 19.1. The summed E-state index contributed by atoms with van der Waals surface area (Å²) in [5.74, 6) is -1.50. The molecule has 0 atom stereocenters. The number of sulfonamides is 1. The number of amides is 1. The molecule has 2 heterocycles. The Bertz CT molecular complexity index is 1400. The summed E-state index contributed by atoms with van der Waals surface area (Å²) in [6.07, 6.45) is 2.96. The van der Waals surface area contributed by atoms with E-state index in [9.17, 15) is 27.5 Å². The molecule has 2 aromatic carbocycles. The molecule has 0 saturated carbocycles. The normalized spacial score (nSPS) is 13.5. The van der Waals surface area contributed by atoms with Gasteiger partial charge in [-0.15, -0.1) is 0 Å². The number of rotatable bonds is 6. The van der Waals surface area contributed by atoms with Gasteiger partial charge in [-0.05, 0) is 42.7 Å². The number of benzene rings is 2. The van der Waals surface area contributed by atoms with E-state index < -0.39 is 15.9 Å². The van der Waals surface area contributed by atoms with Crippen molar-refractivity contribution in [3.63, 3.8) is 0 Å². The molecule has 172 valence electrons. The van der Waals surface area contributed by atoms with Gasteiger partial charge in [0, 0.05) is 30.7 Å². The molecule has 0 spiro atoms. The van der Waals surface area contributed by atoms with Gasteiger partial charge in [0.15, 0.2) is 5.75 Å². The molecule has 1 aromatic heterocycles. The minimum absolute atomic E-state index is 0.0192. The van der Waals surface area contributed by atoms with Crippen molar-refractivity contribution in [2.24, 2.45) is 0 Å². The van der Waals surface area contributed by atoms with Gasteiger partial charge in [0.25, 0.3) is 5.91 Å². The predicted molar refractivity (Wildman–Crippen MR) is 121 cm³/mol. The third kappa shape index (κ3) is 4.13. The van der Waals surface area contributed by atoms with Gasteiger partial charge in [0.05, 0.1) is 24.1 Å². The van der Waals surface area contributed by atoms with Crippen LogP contribution in [0.15, 0.2) is 36.5 Å². The second-order valence-corrected chi connectivity index (χ2v) is 10.2. The van der Waals surface area contributed by atoms with E-state index in [0.29, 0.717) is 22.9 Å². The summed E-state index contributed by atoms with van der Waals surface area (Å²) in [5, 5.41) is 11.3. The highest BCUT2D eigenvalue weighted by molar-refractivity contribution is 7.92. The third-order valence-corrected chi connectivity index (χ3v) is 6.82. The van der Waals surface area contributed by atoms with Gasteiger partial charge in [-0.1, -0.05) is 12.1 Å². The molecule has 3 aromatic rings. The Labute approximate surface area is 190 Å². The maximum Gasteiger partial charge on any atom is 0.258 e. The number of phenols is 1. The van der Waals surface area contributed by atoms with Gasteiger partial charge in [-0.2, -0.15) is 0 Å². The summed E-state index contributed by atoms with van der Waals surface area (Å²) in [6, 6.07) is 7.69. The fourth-order valence-corrected chi connectivity index (χ4v) is 4.62. The van der Waals surface area contributed by atoms with Crippen molar-refractivity contribution < 1.29 is 27.5 Å². The number of halogens is 1. The molecule has 0 bridgehead atoms. The maximum absolute atomic E-state index is 13.2. The molecule has 0 fully saturated rings. The minimum atomic E-state index is -3.73. The number of aromatic nitrogens is 1. The number of Topliss-reactive ketones (excluding diaryl/α,β-unsaturated/α-hetero) is 1. The quantitative estimate of drug-likeness (QED) is 0.592. The summed E-state index contributed by atoms with van der Waals surface area (Å²) in [6.45, 7) is 1.17. The minimum Gasteiger partial charge on any atom is -0.505 e. The average Bonchev–Trinajstić information content (AvgIpc) is 3.04. The highest BCUT2D eigenvalue weighted by Crippen LogP contribution is 2.44. The van der Waals surface area contributed by atoms with Crippen LogP contribution in [0.2, 0.25) is 0 Å². The molecule has 1 aliphatic rings. The van der Waals surface area contributed by atoms with Crippen LogP contribution in [0.4, 0.5) is 10.1 Å². The highest BCUT2D eigenvalue weighted by atomic mass is 32.2. The SMILES string of the molecule is CC(=O)CN1Cc2c(c(O)c3ncc(Cc4ccc(F)cc4)cc3c2N(C)S(C)(=O)=O)C1=O. The molecular formula is C23H22FN3O5S. The molecular weight excluding hydrogens is 449 g/mol. The first-order valence-electron chi connectivity index (χ1n) is 10.1. The highest BCUT2D eigenvalue weighted by Gasteiger charge is 2.37. The molecule has 0 radical (unpaired) electrons. The summed E-state index contributed by atoms with van der Waals surface area (Å²) >= 11 is 0. The number of anilines is 1. The number of fused-ring (bicyclic) bond motifs is 2. The van der Waals surface area contributed by atoms with Crippen molar-refractivity contribution >= 4 is 38.3 Å². The summed E-state index contributed by atoms with van der Waals surface area (Å²) < 4.78 is 39.2. The van der Waals surface area contributed by atoms with Crippen LogP contribution in [0.3, 0.4) is 0 Å². The topological polar surface area (TPSA) is 108 Å². The van der Waals surface area contributed by atoms with E-state index >= 15 is 0 Å². The second kappa shape index (κ2) is 8.11. The van der Waals surface area contributed by atoms with Gasteiger partial charge in [-0.3, -0.25) is 18.9 Å². The Morgan fingerprint density at radius 1 is 1.24 bits per heavy atom.